The summed E-state index contributed by atoms with van der Waals surface area (Å²) in [5.74, 6) is -0.904. The van der Waals surface area contributed by atoms with Gasteiger partial charge < -0.3 is 15.0 Å². The van der Waals surface area contributed by atoms with Crippen molar-refractivity contribution < 1.29 is 14.3 Å². The second-order valence-electron chi connectivity index (χ2n) is 5.61. The summed E-state index contributed by atoms with van der Waals surface area (Å²) < 4.78 is 4.76. The van der Waals surface area contributed by atoms with E-state index < -0.39 is 12.0 Å². The van der Waals surface area contributed by atoms with Gasteiger partial charge in [-0.3, -0.25) is 4.79 Å². The molecule has 2 atom stereocenters. The molecule has 1 aromatic heterocycles. The van der Waals surface area contributed by atoms with Crippen molar-refractivity contribution in [3.8, 4) is 0 Å². The molecule has 2 rings (SSSR count). The van der Waals surface area contributed by atoms with Crippen molar-refractivity contribution in [1.29, 1.82) is 0 Å². The zero-order chi connectivity index (χ0) is 17.0. The Hall–Kier alpha value is -2.56. The molecule has 1 aromatic carbocycles. The monoisotopic (exact) mass is 314 g/mol. The maximum Gasteiger partial charge on any atom is 0.328 e. The number of benzene rings is 1. The van der Waals surface area contributed by atoms with Crippen LogP contribution >= 0.6 is 0 Å². The largest absolute Gasteiger partial charge is 0.467 e. The minimum atomic E-state index is -0.726. The predicted molar refractivity (Wildman–Crippen MR) is 90.0 cm³/mol. The standard InChI is InChI=1S/C18H22N2O3/c1-5-11(2)17(18(22)23-4)20-16(21)10-14-12(3)19-15-9-7-6-8-13(14)15/h5-9,11,17,19H,1,10H2,2-4H3,(H,20,21)/t11-,17+/m1/s1. The molecule has 1 amide bonds. The van der Waals surface area contributed by atoms with Crippen LogP contribution in [-0.2, 0) is 20.7 Å². The smallest absolute Gasteiger partial charge is 0.328 e. The lowest BCUT2D eigenvalue weighted by Gasteiger charge is -2.20. The summed E-state index contributed by atoms with van der Waals surface area (Å²) in [5, 5.41) is 3.77. The average Bonchev–Trinajstić information content (AvgIpc) is 2.87. The van der Waals surface area contributed by atoms with Crippen molar-refractivity contribution in [3.05, 3.63) is 48.2 Å². The summed E-state index contributed by atoms with van der Waals surface area (Å²) >= 11 is 0. The third-order valence-electron chi connectivity index (χ3n) is 4.03. The van der Waals surface area contributed by atoms with Crippen molar-refractivity contribution in [2.45, 2.75) is 26.3 Å². The first-order valence-electron chi connectivity index (χ1n) is 7.53. The van der Waals surface area contributed by atoms with Gasteiger partial charge in [-0.15, -0.1) is 6.58 Å². The molecule has 0 aliphatic rings. The average molecular weight is 314 g/mol. The Morgan fingerprint density at radius 1 is 1.39 bits per heavy atom. The molecule has 0 bridgehead atoms. The molecule has 23 heavy (non-hydrogen) atoms. The van der Waals surface area contributed by atoms with E-state index in [2.05, 4.69) is 16.9 Å². The van der Waals surface area contributed by atoms with E-state index in [0.717, 1.165) is 22.2 Å². The van der Waals surface area contributed by atoms with Gasteiger partial charge in [0.25, 0.3) is 0 Å². The van der Waals surface area contributed by atoms with Crippen molar-refractivity contribution in [3.63, 3.8) is 0 Å². The molecule has 122 valence electrons. The zero-order valence-electron chi connectivity index (χ0n) is 13.7. The third kappa shape index (κ3) is 3.62. The molecular formula is C18H22N2O3. The van der Waals surface area contributed by atoms with Gasteiger partial charge in [0, 0.05) is 22.5 Å². The molecule has 0 aliphatic carbocycles. The first-order chi connectivity index (χ1) is 11.0. The van der Waals surface area contributed by atoms with E-state index in [0.29, 0.717) is 0 Å². The number of hydrogen-bond donors (Lipinski definition) is 2. The molecule has 2 aromatic rings. The fourth-order valence-electron chi connectivity index (χ4n) is 2.62. The van der Waals surface area contributed by atoms with Gasteiger partial charge in [-0.05, 0) is 18.6 Å². The Labute approximate surface area is 135 Å². The number of H-pyrrole nitrogens is 1. The SMILES string of the molecule is C=C[C@@H](C)[C@H](NC(=O)Cc1c(C)[nH]c2ccccc12)C(=O)OC. The highest BCUT2D eigenvalue weighted by Gasteiger charge is 2.26. The van der Waals surface area contributed by atoms with Crippen LogP contribution in [0, 0.1) is 12.8 Å². The maximum absolute atomic E-state index is 12.4. The van der Waals surface area contributed by atoms with Crippen molar-refractivity contribution in [2.75, 3.05) is 7.11 Å². The van der Waals surface area contributed by atoms with Crippen LogP contribution in [0.5, 0.6) is 0 Å². The van der Waals surface area contributed by atoms with Crippen LogP contribution in [0.1, 0.15) is 18.2 Å². The van der Waals surface area contributed by atoms with Gasteiger partial charge in [-0.1, -0.05) is 31.2 Å². The van der Waals surface area contributed by atoms with E-state index in [4.69, 9.17) is 4.74 Å². The van der Waals surface area contributed by atoms with Crippen LogP contribution in [-0.4, -0.2) is 30.0 Å². The molecule has 0 spiro atoms. The fourth-order valence-corrected chi connectivity index (χ4v) is 2.62. The van der Waals surface area contributed by atoms with Crippen molar-refractivity contribution in [2.24, 2.45) is 5.92 Å². The number of aromatic nitrogens is 1. The molecule has 0 radical (unpaired) electrons. The Morgan fingerprint density at radius 3 is 2.74 bits per heavy atom. The number of carbonyl (C=O) groups is 2. The van der Waals surface area contributed by atoms with Gasteiger partial charge in [0.2, 0.25) is 5.91 Å². The third-order valence-corrected chi connectivity index (χ3v) is 4.03. The van der Waals surface area contributed by atoms with Gasteiger partial charge >= 0.3 is 5.97 Å². The summed E-state index contributed by atoms with van der Waals surface area (Å²) in [6, 6.07) is 7.11. The molecular weight excluding hydrogens is 292 g/mol. The minimum Gasteiger partial charge on any atom is -0.467 e. The van der Waals surface area contributed by atoms with E-state index >= 15 is 0 Å². The normalized spacial score (nSPS) is 13.3. The minimum absolute atomic E-state index is 0.202. The molecule has 0 unspecified atom stereocenters. The lowest BCUT2D eigenvalue weighted by Crippen LogP contribution is -2.45. The van der Waals surface area contributed by atoms with Crippen LogP contribution in [0.25, 0.3) is 10.9 Å². The summed E-state index contributed by atoms with van der Waals surface area (Å²) in [6.45, 7) is 7.42. The van der Waals surface area contributed by atoms with Crippen LogP contribution in [0.3, 0.4) is 0 Å². The summed E-state index contributed by atoms with van der Waals surface area (Å²) in [7, 11) is 1.31. The number of ether oxygens (including phenoxy) is 1. The number of nitrogens with one attached hydrogen (secondary N) is 2. The van der Waals surface area contributed by atoms with E-state index in [1.54, 1.807) is 6.08 Å². The lowest BCUT2D eigenvalue weighted by molar-refractivity contribution is -0.146. The first kappa shape index (κ1) is 16.8. The highest BCUT2D eigenvalue weighted by atomic mass is 16.5. The number of amides is 1. The predicted octanol–water partition coefficient (Wildman–Crippen LogP) is 2.50. The van der Waals surface area contributed by atoms with Crippen LogP contribution < -0.4 is 5.32 Å². The molecule has 0 saturated carbocycles. The van der Waals surface area contributed by atoms with Gasteiger partial charge in [-0.25, -0.2) is 4.79 Å². The van der Waals surface area contributed by atoms with Crippen LogP contribution in [0.4, 0.5) is 0 Å². The van der Waals surface area contributed by atoms with E-state index in [9.17, 15) is 9.59 Å². The van der Waals surface area contributed by atoms with Gasteiger partial charge in [0.15, 0.2) is 0 Å². The Bertz CT molecular complexity index is 733. The number of aromatic amines is 1. The van der Waals surface area contributed by atoms with E-state index in [1.165, 1.54) is 7.11 Å². The number of methoxy groups -OCH3 is 1. The molecule has 5 heteroatoms. The zero-order valence-corrected chi connectivity index (χ0v) is 13.7. The molecule has 2 N–H and O–H groups in total. The maximum atomic E-state index is 12.4. The molecule has 1 heterocycles. The summed E-state index contributed by atoms with van der Waals surface area (Å²) in [6.07, 6.45) is 1.83. The topological polar surface area (TPSA) is 71.2 Å². The van der Waals surface area contributed by atoms with Crippen molar-refractivity contribution in [1.82, 2.24) is 10.3 Å². The number of rotatable bonds is 6. The number of fused-ring (bicyclic) bond motifs is 1. The summed E-state index contributed by atoms with van der Waals surface area (Å²) in [4.78, 5) is 27.5. The number of esters is 1. The number of para-hydroxylation sites is 1. The molecule has 0 saturated heterocycles. The van der Waals surface area contributed by atoms with E-state index in [1.807, 2.05) is 38.1 Å². The lowest BCUT2D eigenvalue weighted by atomic mass is 10.0. The van der Waals surface area contributed by atoms with E-state index in [-0.39, 0.29) is 18.2 Å². The fraction of sp³-hybridized carbons (Fsp3) is 0.333. The van der Waals surface area contributed by atoms with Gasteiger partial charge in [0.05, 0.1) is 13.5 Å². The quantitative estimate of drug-likeness (QED) is 0.636. The highest BCUT2D eigenvalue weighted by molar-refractivity contribution is 5.91. The Balaban J connectivity index is 2.18. The van der Waals surface area contributed by atoms with Crippen LogP contribution in [0.15, 0.2) is 36.9 Å². The van der Waals surface area contributed by atoms with Gasteiger partial charge in [-0.2, -0.15) is 0 Å². The second kappa shape index (κ2) is 7.13. The number of aryl methyl sites for hydroxylation is 1. The number of carbonyl (C=O) groups excluding carboxylic acids is 2. The Morgan fingerprint density at radius 2 is 2.09 bits per heavy atom. The summed E-state index contributed by atoms with van der Waals surface area (Å²) in [5.41, 5.74) is 2.89. The molecule has 0 fully saturated rings. The molecule has 5 nitrogen and oxygen atoms in total. The second-order valence-corrected chi connectivity index (χ2v) is 5.61. The number of hydrogen-bond acceptors (Lipinski definition) is 3. The Kier molecular flexibility index (Phi) is 5.21. The first-order valence-corrected chi connectivity index (χ1v) is 7.53. The van der Waals surface area contributed by atoms with Gasteiger partial charge in [0.1, 0.15) is 6.04 Å². The highest BCUT2D eigenvalue weighted by Crippen LogP contribution is 2.22. The van der Waals surface area contributed by atoms with Crippen LogP contribution in [0.2, 0.25) is 0 Å². The molecule has 0 aliphatic heterocycles. The van der Waals surface area contributed by atoms with Crippen molar-refractivity contribution >= 4 is 22.8 Å².